The van der Waals surface area contributed by atoms with Gasteiger partial charge in [0.2, 0.25) is 23.6 Å². The van der Waals surface area contributed by atoms with Gasteiger partial charge in [0.1, 0.15) is 11.5 Å². The van der Waals surface area contributed by atoms with Gasteiger partial charge in [-0.25, -0.2) is 9.80 Å². The number of fused-ring (bicyclic) bond motifs is 4. The maximum absolute atomic E-state index is 15.3. The number of methoxy groups -OCH3 is 1. The molecule has 0 bridgehead atoms. The molecule has 2 saturated heterocycles. The standard InChI is InChI=1S/C39H30ClN3O8/c1-51-26-13-16-32(44)30(19-26)34-27-14-15-28-33(37(47)41(35(28)45)24-11-6-12-25(18-24)43(49)50)29(27)20-31-36(46)42(23-10-5-9-22(40)17-23)38(48)39(31,34)21-7-3-2-4-8-21/h2-14,16-19,28-29,31,33-34,44H,15,20H2,1H3/t28-,29+,31-,33-,34+,39+/m0/s1. The first-order valence-electron chi connectivity index (χ1n) is 16.5. The van der Waals surface area contributed by atoms with E-state index in [0.717, 1.165) is 9.80 Å². The van der Waals surface area contributed by atoms with E-state index in [2.05, 4.69) is 0 Å². The number of carbonyl (C=O) groups is 4. The second-order valence-corrected chi connectivity index (χ2v) is 13.7. The molecule has 0 aromatic heterocycles. The van der Waals surface area contributed by atoms with Crippen molar-refractivity contribution in [3.8, 4) is 11.5 Å². The van der Waals surface area contributed by atoms with E-state index in [1.165, 1.54) is 37.4 Å². The van der Waals surface area contributed by atoms with E-state index >= 15 is 4.79 Å². The van der Waals surface area contributed by atoms with Crippen LogP contribution in [0.25, 0.3) is 0 Å². The summed E-state index contributed by atoms with van der Waals surface area (Å²) in [5.41, 5.74) is 0.0661. The molecule has 4 aliphatic rings. The van der Waals surface area contributed by atoms with Crippen LogP contribution in [0.1, 0.15) is 29.9 Å². The first-order chi connectivity index (χ1) is 24.6. The molecule has 0 radical (unpaired) electrons. The van der Waals surface area contributed by atoms with Crippen LogP contribution in [0.2, 0.25) is 5.02 Å². The van der Waals surface area contributed by atoms with Crippen LogP contribution in [0.4, 0.5) is 17.1 Å². The highest BCUT2D eigenvalue weighted by atomic mass is 35.5. The Kier molecular flexibility index (Phi) is 7.57. The van der Waals surface area contributed by atoms with Gasteiger partial charge in [0.25, 0.3) is 5.69 Å². The first kappa shape index (κ1) is 32.4. The van der Waals surface area contributed by atoms with E-state index in [-0.39, 0.29) is 35.7 Å². The predicted molar refractivity (Wildman–Crippen MR) is 186 cm³/mol. The summed E-state index contributed by atoms with van der Waals surface area (Å²) < 4.78 is 5.57. The lowest BCUT2D eigenvalue weighted by atomic mass is 9.49. The van der Waals surface area contributed by atoms with E-state index in [1.807, 2.05) is 12.1 Å². The van der Waals surface area contributed by atoms with Crippen molar-refractivity contribution >= 4 is 52.3 Å². The molecule has 1 saturated carbocycles. The molecule has 12 heteroatoms. The van der Waals surface area contributed by atoms with Gasteiger partial charge < -0.3 is 9.84 Å². The molecule has 11 nitrogen and oxygen atoms in total. The molecule has 2 aliphatic heterocycles. The summed E-state index contributed by atoms with van der Waals surface area (Å²) in [6.45, 7) is 0. The van der Waals surface area contributed by atoms with Gasteiger partial charge >= 0.3 is 0 Å². The van der Waals surface area contributed by atoms with Crippen molar-refractivity contribution in [3.63, 3.8) is 0 Å². The third-order valence-electron chi connectivity index (χ3n) is 11.0. The van der Waals surface area contributed by atoms with Crippen LogP contribution in [0.15, 0.2) is 109 Å². The topological polar surface area (TPSA) is 147 Å². The summed E-state index contributed by atoms with van der Waals surface area (Å²) in [5, 5.41) is 23.5. The lowest BCUT2D eigenvalue weighted by molar-refractivity contribution is -0.384. The second-order valence-electron chi connectivity index (χ2n) is 13.3. The van der Waals surface area contributed by atoms with E-state index in [1.54, 1.807) is 60.7 Å². The van der Waals surface area contributed by atoms with E-state index in [4.69, 9.17) is 16.3 Å². The monoisotopic (exact) mass is 703 g/mol. The summed E-state index contributed by atoms with van der Waals surface area (Å²) in [6.07, 6.45) is 2.06. The number of phenolic OH excluding ortho intramolecular Hbond substituents is 1. The number of imide groups is 2. The van der Waals surface area contributed by atoms with Crippen molar-refractivity contribution in [2.75, 3.05) is 16.9 Å². The summed E-state index contributed by atoms with van der Waals surface area (Å²) >= 11 is 6.37. The highest BCUT2D eigenvalue weighted by Gasteiger charge is 2.70. The zero-order valence-electron chi connectivity index (χ0n) is 27.1. The molecule has 0 unspecified atom stereocenters. The number of nitrogens with zero attached hydrogens (tertiary/aromatic N) is 3. The molecular weight excluding hydrogens is 674 g/mol. The Hall–Kier alpha value is -5.81. The molecule has 1 N–H and O–H groups in total. The number of amides is 4. The molecule has 51 heavy (non-hydrogen) atoms. The minimum absolute atomic E-state index is 0.0482. The largest absolute Gasteiger partial charge is 0.508 e. The smallest absolute Gasteiger partial charge is 0.271 e. The molecular formula is C39H30ClN3O8. The fourth-order valence-electron chi connectivity index (χ4n) is 8.98. The zero-order valence-corrected chi connectivity index (χ0v) is 27.9. The summed E-state index contributed by atoms with van der Waals surface area (Å²) in [4.78, 5) is 71.8. The molecule has 4 aromatic rings. The Morgan fingerprint density at radius 1 is 0.843 bits per heavy atom. The van der Waals surface area contributed by atoms with E-state index in [9.17, 15) is 29.6 Å². The Balaban J connectivity index is 1.35. The van der Waals surface area contributed by atoms with Gasteiger partial charge in [-0.2, -0.15) is 0 Å². The Morgan fingerprint density at radius 2 is 1.57 bits per heavy atom. The Morgan fingerprint density at radius 3 is 2.27 bits per heavy atom. The minimum Gasteiger partial charge on any atom is -0.508 e. The number of nitro groups is 1. The molecule has 2 aliphatic carbocycles. The molecule has 0 spiro atoms. The van der Waals surface area contributed by atoms with Crippen molar-refractivity contribution in [2.24, 2.45) is 23.7 Å². The Bertz CT molecular complexity index is 2210. The number of hydrogen-bond acceptors (Lipinski definition) is 8. The highest BCUT2D eigenvalue weighted by molar-refractivity contribution is 6.32. The number of carbonyl (C=O) groups excluding carboxylic acids is 4. The minimum atomic E-state index is -1.58. The summed E-state index contributed by atoms with van der Waals surface area (Å²) in [7, 11) is 1.48. The van der Waals surface area contributed by atoms with Crippen molar-refractivity contribution < 1.29 is 33.9 Å². The number of allylic oxidation sites excluding steroid dienone is 2. The number of benzene rings is 4. The van der Waals surface area contributed by atoms with Crippen LogP contribution >= 0.6 is 11.6 Å². The van der Waals surface area contributed by atoms with Gasteiger partial charge in [-0.1, -0.05) is 65.7 Å². The number of nitro benzene ring substituents is 1. The van der Waals surface area contributed by atoms with Gasteiger partial charge in [-0.05, 0) is 66.8 Å². The Labute approximate surface area is 296 Å². The number of rotatable bonds is 6. The summed E-state index contributed by atoms with van der Waals surface area (Å²) in [6, 6.07) is 25.5. The predicted octanol–water partition coefficient (Wildman–Crippen LogP) is 6.33. The van der Waals surface area contributed by atoms with Crippen LogP contribution in [-0.4, -0.2) is 40.8 Å². The van der Waals surface area contributed by atoms with Gasteiger partial charge in [-0.15, -0.1) is 0 Å². The number of anilines is 2. The molecule has 3 fully saturated rings. The lowest BCUT2D eigenvalue weighted by Crippen LogP contribution is -2.53. The normalized spacial score (nSPS) is 26.8. The maximum atomic E-state index is 15.3. The van der Waals surface area contributed by atoms with E-state index < -0.39 is 63.6 Å². The van der Waals surface area contributed by atoms with Crippen LogP contribution in [0.5, 0.6) is 11.5 Å². The molecule has 2 heterocycles. The average Bonchev–Trinajstić information content (AvgIpc) is 3.53. The van der Waals surface area contributed by atoms with Gasteiger partial charge in [0, 0.05) is 28.6 Å². The van der Waals surface area contributed by atoms with E-state index in [0.29, 0.717) is 27.5 Å². The van der Waals surface area contributed by atoms with Crippen LogP contribution in [-0.2, 0) is 24.6 Å². The lowest BCUT2D eigenvalue weighted by Gasteiger charge is -2.50. The fourth-order valence-corrected chi connectivity index (χ4v) is 9.16. The number of phenols is 1. The second kappa shape index (κ2) is 11.9. The average molecular weight is 704 g/mol. The van der Waals surface area contributed by atoms with Crippen molar-refractivity contribution in [2.45, 2.75) is 24.2 Å². The molecule has 256 valence electrons. The van der Waals surface area contributed by atoms with Crippen molar-refractivity contribution in [3.05, 3.63) is 135 Å². The highest BCUT2D eigenvalue weighted by Crippen LogP contribution is 2.65. The van der Waals surface area contributed by atoms with Gasteiger partial charge in [-0.3, -0.25) is 29.3 Å². The van der Waals surface area contributed by atoms with Gasteiger partial charge in [0.05, 0.1) is 46.6 Å². The van der Waals surface area contributed by atoms with Crippen LogP contribution < -0.4 is 14.5 Å². The fraction of sp³-hybridized carbons (Fsp3) is 0.231. The SMILES string of the molecule is COc1ccc(O)c([C@H]2C3=CC[C@@H]4C(=O)N(c5cccc([N+](=O)[O-])c5)C(=O)[C@@H]4[C@@H]3C[C@H]3C(=O)N(c4cccc(Cl)c4)C(=O)[C@@]23c2ccccc2)c1. The number of aromatic hydroxyl groups is 1. The number of ether oxygens (including phenoxy) is 1. The number of non-ortho nitro benzene ring substituents is 1. The van der Waals surface area contributed by atoms with Crippen LogP contribution in [0, 0.1) is 33.8 Å². The maximum Gasteiger partial charge on any atom is 0.271 e. The molecule has 4 amide bonds. The molecule has 4 aromatic carbocycles. The number of hydrogen-bond donors (Lipinski definition) is 1. The summed E-state index contributed by atoms with van der Waals surface area (Å²) in [5.74, 6) is -6.17. The third-order valence-corrected chi connectivity index (χ3v) is 11.2. The zero-order chi connectivity index (χ0) is 35.8. The molecule has 8 rings (SSSR count). The van der Waals surface area contributed by atoms with Crippen molar-refractivity contribution in [1.29, 1.82) is 0 Å². The quantitative estimate of drug-likeness (QED) is 0.106. The molecule has 6 atom stereocenters. The third kappa shape index (κ3) is 4.64. The first-order valence-corrected chi connectivity index (χ1v) is 16.8. The van der Waals surface area contributed by atoms with Gasteiger partial charge in [0.15, 0.2) is 0 Å². The number of halogens is 1. The van der Waals surface area contributed by atoms with Crippen molar-refractivity contribution in [1.82, 2.24) is 0 Å². The van der Waals surface area contributed by atoms with Crippen LogP contribution in [0.3, 0.4) is 0 Å².